The highest BCUT2D eigenvalue weighted by molar-refractivity contribution is 9.10. The van der Waals surface area contributed by atoms with Gasteiger partial charge in [-0.15, -0.1) is 0 Å². The van der Waals surface area contributed by atoms with Gasteiger partial charge < -0.3 is 20.0 Å². The lowest BCUT2D eigenvalue weighted by Gasteiger charge is -2.18. The minimum absolute atomic E-state index is 0.596. The van der Waals surface area contributed by atoms with E-state index in [2.05, 4.69) is 62.7 Å². The number of nitrogens with one attached hydrogen (secondary N) is 2. The number of anilines is 1. The van der Waals surface area contributed by atoms with Gasteiger partial charge in [-0.25, -0.2) is 0 Å². The number of rotatable bonds is 7. The second kappa shape index (κ2) is 9.67. The Morgan fingerprint density at radius 1 is 1.27 bits per heavy atom. The van der Waals surface area contributed by atoms with Crippen LogP contribution in [0, 0.1) is 5.92 Å². The summed E-state index contributed by atoms with van der Waals surface area (Å²) in [7, 11) is 0. The van der Waals surface area contributed by atoms with E-state index in [1.807, 2.05) is 12.1 Å². The van der Waals surface area contributed by atoms with Crippen LogP contribution in [0.4, 0.5) is 5.69 Å². The summed E-state index contributed by atoms with van der Waals surface area (Å²) in [6.45, 7) is 6.79. The molecule has 26 heavy (non-hydrogen) atoms. The van der Waals surface area contributed by atoms with Crippen molar-refractivity contribution in [2.45, 2.75) is 19.8 Å². The van der Waals surface area contributed by atoms with E-state index in [9.17, 15) is 0 Å². The van der Waals surface area contributed by atoms with Gasteiger partial charge in [-0.3, -0.25) is 4.99 Å². The first kappa shape index (κ1) is 18.8. The van der Waals surface area contributed by atoms with Gasteiger partial charge in [0.05, 0.1) is 6.26 Å². The number of hydrogen-bond acceptors (Lipinski definition) is 3. The maximum Gasteiger partial charge on any atom is 0.191 e. The van der Waals surface area contributed by atoms with Crippen molar-refractivity contribution in [3.63, 3.8) is 0 Å². The molecule has 1 fully saturated rings. The molecular formula is C20H27BrN4O. The summed E-state index contributed by atoms with van der Waals surface area (Å²) < 4.78 is 6.49. The van der Waals surface area contributed by atoms with Crippen LogP contribution in [0.3, 0.4) is 0 Å². The number of halogens is 1. The molecule has 2 heterocycles. The summed E-state index contributed by atoms with van der Waals surface area (Å²) in [5.74, 6) is 2.48. The molecule has 5 nitrogen and oxygen atoms in total. The van der Waals surface area contributed by atoms with Crippen LogP contribution < -0.4 is 15.5 Å². The molecule has 6 heteroatoms. The second-order valence-corrected chi connectivity index (χ2v) is 7.47. The zero-order valence-electron chi connectivity index (χ0n) is 15.2. The summed E-state index contributed by atoms with van der Waals surface area (Å²) >= 11 is 3.50. The van der Waals surface area contributed by atoms with Gasteiger partial charge in [0.25, 0.3) is 0 Å². The lowest BCUT2D eigenvalue weighted by Crippen LogP contribution is -2.38. The van der Waals surface area contributed by atoms with E-state index in [1.165, 1.54) is 12.1 Å². The molecule has 140 valence electrons. The van der Waals surface area contributed by atoms with Crippen molar-refractivity contribution in [1.29, 1.82) is 0 Å². The Morgan fingerprint density at radius 2 is 2.12 bits per heavy atom. The molecule has 2 aromatic rings. The first-order valence-electron chi connectivity index (χ1n) is 9.29. The third kappa shape index (κ3) is 5.53. The summed E-state index contributed by atoms with van der Waals surface area (Å²) in [6, 6.07) is 12.5. The second-order valence-electron chi connectivity index (χ2n) is 6.55. The SMILES string of the molecule is CCNC(=NCC1CCN(c2ccc(Br)cc2)C1)NCCc1ccco1. The molecule has 1 aromatic heterocycles. The highest BCUT2D eigenvalue weighted by Gasteiger charge is 2.22. The van der Waals surface area contributed by atoms with Gasteiger partial charge in [-0.2, -0.15) is 0 Å². The first-order valence-corrected chi connectivity index (χ1v) is 10.1. The van der Waals surface area contributed by atoms with E-state index in [4.69, 9.17) is 9.41 Å². The summed E-state index contributed by atoms with van der Waals surface area (Å²) in [6.07, 6.45) is 3.76. The number of benzene rings is 1. The molecule has 1 unspecified atom stereocenters. The zero-order chi connectivity index (χ0) is 18.2. The average Bonchev–Trinajstić information content (AvgIpc) is 3.32. The number of furan rings is 1. The van der Waals surface area contributed by atoms with Crippen LogP contribution in [0.5, 0.6) is 0 Å². The Kier molecular flexibility index (Phi) is 7.00. The van der Waals surface area contributed by atoms with Gasteiger partial charge in [0.1, 0.15) is 5.76 Å². The van der Waals surface area contributed by atoms with Gasteiger partial charge >= 0.3 is 0 Å². The Labute approximate surface area is 164 Å². The van der Waals surface area contributed by atoms with Crippen molar-refractivity contribution in [3.05, 3.63) is 52.9 Å². The molecular weight excluding hydrogens is 392 g/mol. The Hall–Kier alpha value is -1.95. The van der Waals surface area contributed by atoms with E-state index in [0.717, 1.165) is 55.3 Å². The Balaban J connectivity index is 1.47. The molecule has 1 aliphatic heterocycles. The van der Waals surface area contributed by atoms with Gasteiger partial charge in [-0.05, 0) is 55.7 Å². The van der Waals surface area contributed by atoms with Crippen molar-refractivity contribution in [2.24, 2.45) is 10.9 Å². The summed E-state index contributed by atoms with van der Waals surface area (Å²) in [4.78, 5) is 7.23. The summed E-state index contributed by atoms with van der Waals surface area (Å²) in [5.41, 5.74) is 1.29. The summed E-state index contributed by atoms with van der Waals surface area (Å²) in [5, 5.41) is 6.72. The lowest BCUT2D eigenvalue weighted by atomic mass is 10.1. The van der Waals surface area contributed by atoms with E-state index in [0.29, 0.717) is 5.92 Å². The predicted octanol–water partition coefficient (Wildman–Crippen LogP) is 3.67. The van der Waals surface area contributed by atoms with Gasteiger partial charge in [0, 0.05) is 49.3 Å². The van der Waals surface area contributed by atoms with Crippen molar-refractivity contribution >= 4 is 27.6 Å². The highest BCUT2D eigenvalue weighted by atomic mass is 79.9. The third-order valence-electron chi connectivity index (χ3n) is 4.57. The standard InChI is InChI=1S/C20H27BrN4O/c1-2-22-20(23-11-9-19-4-3-13-26-19)24-14-16-10-12-25(15-16)18-7-5-17(21)6-8-18/h3-8,13,16H,2,9-12,14-15H2,1H3,(H2,22,23,24). The molecule has 0 amide bonds. The fourth-order valence-corrected chi connectivity index (χ4v) is 3.45. The van der Waals surface area contributed by atoms with E-state index < -0.39 is 0 Å². The number of hydrogen-bond donors (Lipinski definition) is 2. The normalized spacial score (nSPS) is 17.5. The zero-order valence-corrected chi connectivity index (χ0v) is 16.8. The van der Waals surface area contributed by atoms with Crippen LogP contribution in [-0.2, 0) is 6.42 Å². The minimum atomic E-state index is 0.596. The smallest absolute Gasteiger partial charge is 0.191 e. The quantitative estimate of drug-likeness (QED) is 0.531. The first-order chi connectivity index (χ1) is 12.7. The predicted molar refractivity (Wildman–Crippen MR) is 111 cm³/mol. The van der Waals surface area contributed by atoms with Crippen LogP contribution in [0.1, 0.15) is 19.1 Å². The van der Waals surface area contributed by atoms with E-state index in [1.54, 1.807) is 6.26 Å². The Morgan fingerprint density at radius 3 is 2.85 bits per heavy atom. The molecule has 2 N–H and O–H groups in total. The maximum atomic E-state index is 5.37. The molecule has 1 atom stereocenters. The van der Waals surface area contributed by atoms with E-state index in [-0.39, 0.29) is 0 Å². The molecule has 3 rings (SSSR count). The maximum absolute atomic E-state index is 5.37. The average molecular weight is 419 g/mol. The third-order valence-corrected chi connectivity index (χ3v) is 5.10. The Bertz CT molecular complexity index is 684. The van der Waals surface area contributed by atoms with Crippen molar-refractivity contribution in [3.8, 4) is 0 Å². The van der Waals surface area contributed by atoms with Gasteiger partial charge in [0.2, 0.25) is 0 Å². The van der Waals surface area contributed by atoms with Crippen LogP contribution >= 0.6 is 15.9 Å². The highest BCUT2D eigenvalue weighted by Crippen LogP contribution is 2.25. The molecule has 0 bridgehead atoms. The number of aliphatic imine (C=N–C) groups is 1. The fraction of sp³-hybridized carbons (Fsp3) is 0.450. The number of nitrogens with zero attached hydrogens (tertiary/aromatic N) is 2. The topological polar surface area (TPSA) is 52.8 Å². The molecule has 0 aliphatic carbocycles. The van der Waals surface area contributed by atoms with Crippen molar-refractivity contribution < 1.29 is 4.42 Å². The van der Waals surface area contributed by atoms with Crippen LogP contribution in [0.2, 0.25) is 0 Å². The molecule has 0 spiro atoms. The van der Waals surface area contributed by atoms with Gasteiger partial charge in [-0.1, -0.05) is 15.9 Å². The lowest BCUT2D eigenvalue weighted by molar-refractivity contribution is 0.506. The van der Waals surface area contributed by atoms with E-state index >= 15 is 0 Å². The van der Waals surface area contributed by atoms with Crippen LogP contribution in [-0.4, -0.2) is 38.7 Å². The largest absolute Gasteiger partial charge is 0.469 e. The molecule has 1 saturated heterocycles. The van der Waals surface area contributed by atoms with Crippen molar-refractivity contribution in [1.82, 2.24) is 10.6 Å². The molecule has 0 radical (unpaired) electrons. The van der Waals surface area contributed by atoms with Crippen molar-refractivity contribution in [2.75, 3.05) is 37.6 Å². The monoisotopic (exact) mass is 418 g/mol. The molecule has 1 aliphatic rings. The van der Waals surface area contributed by atoms with Crippen LogP contribution in [0.15, 0.2) is 56.5 Å². The molecule has 1 aromatic carbocycles. The minimum Gasteiger partial charge on any atom is -0.469 e. The van der Waals surface area contributed by atoms with Crippen LogP contribution in [0.25, 0.3) is 0 Å². The number of guanidine groups is 1. The molecule has 0 saturated carbocycles. The fourth-order valence-electron chi connectivity index (χ4n) is 3.19. The van der Waals surface area contributed by atoms with Gasteiger partial charge in [0.15, 0.2) is 5.96 Å².